The van der Waals surface area contributed by atoms with E-state index in [4.69, 9.17) is 0 Å². The van der Waals surface area contributed by atoms with Gasteiger partial charge in [0.2, 0.25) is 0 Å². The lowest BCUT2D eigenvalue weighted by Gasteiger charge is -2.22. The maximum Gasteiger partial charge on any atom is 0.324 e. The van der Waals surface area contributed by atoms with E-state index in [9.17, 15) is 27.5 Å². The first kappa shape index (κ1) is 21.5. The van der Waals surface area contributed by atoms with Gasteiger partial charge in [-0.15, -0.1) is 12.4 Å². The van der Waals surface area contributed by atoms with E-state index in [0.717, 1.165) is 24.1 Å². The fraction of sp³-hybridized carbons (Fsp3) is 0.357. The molecule has 25 heavy (non-hydrogen) atoms. The third-order valence-corrected chi connectivity index (χ3v) is 6.62. The first-order chi connectivity index (χ1) is 11.0. The van der Waals surface area contributed by atoms with Gasteiger partial charge in [-0.1, -0.05) is 0 Å². The summed E-state index contributed by atoms with van der Waals surface area (Å²) in [5, 5.41) is 9.24. The van der Waals surface area contributed by atoms with Gasteiger partial charge in [-0.05, 0) is 41.4 Å². The molecule has 1 aromatic carbocycles. The summed E-state index contributed by atoms with van der Waals surface area (Å²) in [5.41, 5.74) is -0.692. The van der Waals surface area contributed by atoms with Crippen LogP contribution in [0, 0.1) is 5.82 Å². The molecule has 138 valence electrons. The van der Waals surface area contributed by atoms with Crippen LogP contribution in [0.1, 0.15) is 13.3 Å². The van der Waals surface area contributed by atoms with Gasteiger partial charge >= 0.3 is 5.97 Å². The molecular formula is C14H15BrClFN2O5S. The van der Waals surface area contributed by atoms with Gasteiger partial charge in [0.25, 0.3) is 5.56 Å². The second-order valence-corrected chi connectivity index (χ2v) is 8.86. The van der Waals surface area contributed by atoms with Crippen molar-refractivity contribution in [2.75, 3.05) is 6.26 Å². The molecule has 0 amide bonds. The van der Waals surface area contributed by atoms with Gasteiger partial charge in [0.05, 0.1) is 16.2 Å². The Hall–Kier alpha value is -1.52. The highest BCUT2D eigenvalue weighted by atomic mass is 79.9. The van der Waals surface area contributed by atoms with E-state index in [1.165, 1.54) is 12.1 Å². The molecule has 0 spiro atoms. The van der Waals surface area contributed by atoms with Gasteiger partial charge in [0.15, 0.2) is 20.4 Å². The Balaban J connectivity index is 0.00000312. The van der Waals surface area contributed by atoms with E-state index >= 15 is 0 Å². The van der Waals surface area contributed by atoms with Crippen LogP contribution in [0.15, 0.2) is 27.7 Å². The van der Waals surface area contributed by atoms with Crippen LogP contribution < -0.4 is 5.56 Å². The van der Waals surface area contributed by atoms with Crippen LogP contribution in [0.2, 0.25) is 0 Å². The molecule has 1 atom stereocenters. The number of hydrogen-bond donors (Lipinski definition) is 1. The Morgan fingerprint density at radius 3 is 2.56 bits per heavy atom. The average Bonchev–Trinajstić information content (AvgIpc) is 2.48. The highest BCUT2D eigenvalue weighted by Crippen LogP contribution is 2.23. The molecule has 11 heteroatoms. The Morgan fingerprint density at radius 2 is 2.04 bits per heavy atom. The molecule has 0 bridgehead atoms. The number of sulfone groups is 1. The van der Waals surface area contributed by atoms with Crippen molar-refractivity contribution in [1.29, 1.82) is 0 Å². The van der Waals surface area contributed by atoms with E-state index < -0.39 is 31.9 Å². The lowest BCUT2D eigenvalue weighted by atomic mass is 10.1. The predicted molar refractivity (Wildman–Crippen MR) is 96.4 cm³/mol. The highest BCUT2D eigenvalue weighted by molar-refractivity contribution is 9.10. The number of aryl methyl sites for hydroxylation is 1. The zero-order valence-corrected chi connectivity index (χ0v) is 16.4. The van der Waals surface area contributed by atoms with Crippen molar-refractivity contribution in [1.82, 2.24) is 9.55 Å². The number of rotatable bonds is 5. The van der Waals surface area contributed by atoms with Crippen molar-refractivity contribution >= 4 is 55.0 Å². The number of fused-ring (bicyclic) bond motifs is 1. The van der Waals surface area contributed by atoms with E-state index in [2.05, 4.69) is 20.9 Å². The molecule has 0 fully saturated rings. The number of carbonyl (C=O) groups is 1. The molecule has 0 unspecified atom stereocenters. The number of nitrogens with zero attached hydrogens (tertiary/aromatic N) is 2. The Labute approximate surface area is 157 Å². The Kier molecular flexibility index (Phi) is 6.36. The second kappa shape index (κ2) is 7.38. The Morgan fingerprint density at radius 1 is 1.44 bits per heavy atom. The third kappa shape index (κ3) is 3.85. The molecule has 1 aromatic heterocycles. The molecule has 0 saturated carbocycles. The number of carboxylic acids is 1. The molecule has 2 rings (SSSR count). The molecule has 7 nitrogen and oxygen atoms in total. The van der Waals surface area contributed by atoms with Gasteiger partial charge in [0.1, 0.15) is 5.52 Å². The minimum absolute atomic E-state index is 0. The molecule has 0 radical (unpaired) electrons. The number of hydrogen-bond acceptors (Lipinski definition) is 5. The van der Waals surface area contributed by atoms with Crippen LogP contribution in [-0.4, -0.2) is 40.0 Å². The average molecular weight is 458 g/mol. The summed E-state index contributed by atoms with van der Waals surface area (Å²) in [7, 11) is -3.90. The number of benzene rings is 1. The minimum Gasteiger partial charge on any atom is -0.480 e. The van der Waals surface area contributed by atoms with Crippen molar-refractivity contribution < 1.29 is 22.7 Å². The Bertz CT molecular complexity index is 995. The van der Waals surface area contributed by atoms with Gasteiger partial charge in [0, 0.05) is 12.8 Å². The van der Waals surface area contributed by atoms with Crippen LogP contribution in [-0.2, 0) is 21.2 Å². The van der Waals surface area contributed by atoms with Crippen LogP contribution in [0.25, 0.3) is 10.9 Å². The van der Waals surface area contributed by atoms with E-state index in [1.54, 1.807) is 0 Å². The maximum absolute atomic E-state index is 13.9. The molecule has 1 N–H and O–H groups in total. The lowest BCUT2D eigenvalue weighted by Crippen LogP contribution is -2.44. The minimum atomic E-state index is -3.90. The number of carboxylic acid groups (broad SMARTS) is 1. The SMILES string of the molecule is C[C@@](CCn1cnc2c(F)c(Br)ccc2c1=O)(C(=O)O)S(C)(=O)=O.Cl. The van der Waals surface area contributed by atoms with Gasteiger partial charge in [-0.3, -0.25) is 14.2 Å². The monoisotopic (exact) mass is 456 g/mol. The number of halogens is 3. The first-order valence-electron chi connectivity index (χ1n) is 6.75. The molecule has 0 aliphatic heterocycles. The van der Waals surface area contributed by atoms with E-state index in [-0.39, 0.29) is 40.7 Å². The summed E-state index contributed by atoms with van der Waals surface area (Å²) in [6, 6.07) is 2.75. The summed E-state index contributed by atoms with van der Waals surface area (Å²) in [5.74, 6) is -2.18. The normalized spacial score (nSPS) is 13.9. The predicted octanol–water partition coefficient (Wildman–Crippen LogP) is 2.00. The van der Waals surface area contributed by atoms with Crippen molar-refractivity contribution in [3.8, 4) is 0 Å². The third-order valence-electron chi connectivity index (χ3n) is 3.99. The van der Waals surface area contributed by atoms with Crippen molar-refractivity contribution in [2.24, 2.45) is 0 Å². The molecule has 0 aliphatic rings. The molecule has 1 heterocycles. The quantitative estimate of drug-likeness (QED) is 0.736. The van der Waals surface area contributed by atoms with Crippen molar-refractivity contribution in [3.63, 3.8) is 0 Å². The van der Waals surface area contributed by atoms with Crippen molar-refractivity contribution in [3.05, 3.63) is 39.1 Å². The second-order valence-electron chi connectivity index (χ2n) is 5.56. The molecule has 0 aliphatic carbocycles. The molecular weight excluding hydrogens is 443 g/mol. The molecule has 0 saturated heterocycles. The summed E-state index contributed by atoms with van der Waals surface area (Å²) in [6.45, 7) is 0.899. The first-order valence-corrected chi connectivity index (χ1v) is 9.43. The smallest absolute Gasteiger partial charge is 0.324 e. The van der Waals surface area contributed by atoms with E-state index in [1.807, 2.05) is 0 Å². The lowest BCUT2D eigenvalue weighted by molar-refractivity contribution is -0.139. The van der Waals surface area contributed by atoms with E-state index in [0.29, 0.717) is 0 Å². The fourth-order valence-electron chi connectivity index (χ4n) is 2.12. The summed E-state index contributed by atoms with van der Waals surface area (Å²) >= 11 is 3.00. The maximum atomic E-state index is 13.9. The van der Waals surface area contributed by atoms with Crippen LogP contribution >= 0.6 is 28.3 Å². The fourth-order valence-corrected chi connectivity index (χ4v) is 3.22. The standard InChI is InChI=1S/C14H14BrFN2O5S.ClH/c1-14(13(20)21,24(2,22)23)5-6-18-7-17-11-8(12(18)19)3-4-9(15)10(11)16;/h3-4,7H,5-6H2,1-2H3,(H,20,21);1H/t14-;/m1./s1. The van der Waals surface area contributed by atoms with Crippen LogP contribution in [0.5, 0.6) is 0 Å². The van der Waals surface area contributed by atoms with Crippen LogP contribution in [0.4, 0.5) is 4.39 Å². The number of aromatic nitrogens is 2. The van der Waals surface area contributed by atoms with Crippen LogP contribution in [0.3, 0.4) is 0 Å². The topological polar surface area (TPSA) is 106 Å². The zero-order chi connectivity index (χ0) is 18.3. The van der Waals surface area contributed by atoms with Crippen molar-refractivity contribution in [2.45, 2.75) is 24.6 Å². The zero-order valence-electron chi connectivity index (χ0n) is 13.2. The number of aliphatic carboxylic acids is 1. The highest BCUT2D eigenvalue weighted by Gasteiger charge is 2.43. The molecule has 2 aromatic rings. The summed E-state index contributed by atoms with van der Waals surface area (Å²) in [6.07, 6.45) is 1.58. The summed E-state index contributed by atoms with van der Waals surface area (Å²) in [4.78, 5) is 27.6. The van der Waals surface area contributed by atoms with Gasteiger partial charge < -0.3 is 5.11 Å². The largest absolute Gasteiger partial charge is 0.480 e. The van der Waals surface area contributed by atoms with Gasteiger partial charge in [-0.2, -0.15) is 0 Å². The van der Waals surface area contributed by atoms with Gasteiger partial charge in [-0.25, -0.2) is 17.8 Å². The summed E-state index contributed by atoms with van der Waals surface area (Å²) < 4.78 is 36.6.